The maximum atomic E-state index is 11.1. The van der Waals surface area contributed by atoms with Gasteiger partial charge in [0.25, 0.3) is 5.91 Å². The van der Waals surface area contributed by atoms with E-state index >= 15 is 0 Å². The van der Waals surface area contributed by atoms with E-state index in [1.807, 2.05) is 0 Å². The predicted molar refractivity (Wildman–Crippen MR) is 50.4 cm³/mol. The van der Waals surface area contributed by atoms with Gasteiger partial charge in [-0.15, -0.1) is 0 Å². The first-order valence-corrected chi connectivity index (χ1v) is 4.48. The summed E-state index contributed by atoms with van der Waals surface area (Å²) in [5.74, 6) is -0.329. The highest BCUT2D eigenvalue weighted by atomic mass is 16.5. The van der Waals surface area contributed by atoms with Gasteiger partial charge in [-0.25, -0.2) is 0 Å². The molecule has 0 radical (unpaired) electrons. The summed E-state index contributed by atoms with van der Waals surface area (Å²) in [7, 11) is 1.65. The molecule has 4 heteroatoms. The summed E-state index contributed by atoms with van der Waals surface area (Å²) in [6.45, 7) is 4.24. The van der Waals surface area contributed by atoms with Gasteiger partial charge in [0, 0.05) is 20.3 Å². The van der Waals surface area contributed by atoms with Crippen molar-refractivity contribution in [3.8, 4) is 0 Å². The van der Waals surface area contributed by atoms with Gasteiger partial charge in [-0.1, -0.05) is 0 Å². The molecule has 0 saturated carbocycles. The highest BCUT2D eigenvalue weighted by Crippen LogP contribution is 1.99. The molecule has 1 amide bonds. The zero-order chi connectivity index (χ0) is 10.3. The molecule has 78 valence electrons. The van der Waals surface area contributed by atoms with Crippen LogP contribution in [0.1, 0.15) is 26.7 Å². The second kappa shape index (κ2) is 5.94. The second-order valence-electron chi connectivity index (χ2n) is 3.51. The average Bonchev–Trinajstić information content (AvgIpc) is 2.02. The first-order chi connectivity index (χ1) is 5.98. The predicted octanol–water partition coefficient (Wildman–Crippen LogP) is 0.300. The van der Waals surface area contributed by atoms with Crippen LogP contribution in [0.4, 0.5) is 0 Å². The molecule has 0 aromatic heterocycles. The Bertz CT molecular complexity index is 151. The van der Waals surface area contributed by atoms with Crippen LogP contribution in [0, 0.1) is 0 Å². The van der Waals surface area contributed by atoms with Gasteiger partial charge in [-0.05, 0) is 26.7 Å². The Labute approximate surface area is 79.3 Å². The van der Waals surface area contributed by atoms with Crippen molar-refractivity contribution in [3.63, 3.8) is 0 Å². The first kappa shape index (κ1) is 12.4. The molecule has 0 aliphatic rings. The lowest BCUT2D eigenvalue weighted by molar-refractivity contribution is -0.136. The summed E-state index contributed by atoms with van der Waals surface area (Å²) in [6.07, 6.45) is 1.79. The number of nitrogens with one attached hydrogen (secondary N) is 1. The van der Waals surface area contributed by atoms with E-state index < -0.39 is 5.60 Å². The van der Waals surface area contributed by atoms with Crippen LogP contribution in [0.15, 0.2) is 0 Å². The first-order valence-electron chi connectivity index (χ1n) is 4.48. The van der Waals surface area contributed by atoms with Crippen LogP contribution >= 0.6 is 0 Å². The maximum Gasteiger partial charge on any atom is 0.251 e. The molecule has 0 fully saturated rings. The monoisotopic (exact) mass is 189 g/mol. The minimum Gasteiger partial charge on any atom is -0.385 e. The molecule has 0 atom stereocenters. The van der Waals surface area contributed by atoms with E-state index in [0.717, 1.165) is 12.8 Å². The fraction of sp³-hybridized carbons (Fsp3) is 0.889. The lowest BCUT2D eigenvalue weighted by atomic mass is 10.1. The molecule has 0 saturated heterocycles. The summed E-state index contributed by atoms with van der Waals surface area (Å²) < 4.78 is 4.85. The molecular weight excluding hydrogens is 170 g/mol. The van der Waals surface area contributed by atoms with E-state index in [0.29, 0.717) is 13.2 Å². The van der Waals surface area contributed by atoms with Crippen molar-refractivity contribution in [3.05, 3.63) is 0 Å². The summed E-state index contributed by atoms with van der Waals surface area (Å²) >= 11 is 0. The average molecular weight is 189 g/mol. The molecule has 0 bridgehead atoms. The number of carbonyl (C=O) groups is 1. The Kier molecular flexibility index (Phi) is 5.66. The topological polar surface area (TPSA) is 58.6 Å². The van der Waals surface area contributed by atoms with Gasteiger partial charge >= 0.3 is 0 Å². The Hall–Kier alpha value is -0.610. The van der Waals surface area contributed by atoms with E-state index in [9.17, 15) is 9.90 Å². The van der Waals surface area contributed by atoms with Gasteiger partial charge in [0.05, 0.1) is 0 Å². The number of rotatable bonds is 6. The minimum absolute atomic E-state index is 0.329. The van der Waals surface area contributed by atoms with Crippen molar-refractivity contribution in [2.75, 3.05) is 20.3 Å². The van der Waals surface area contributed by atoms with Crippen molar-refractivity contribution in [2.24, 2.45) is 0 Å². The normalized spacial score (nSPS) is 11.4. The van der Waals surface area contributed by atoms with Crippen molar-refractivity contribution >= 4 is 5.91 Å². The van der Waals surface area contributed by atoms with Crippen LogP contribution in [0.3, 0.4) is 0 Å². The molecule has 0 aromatic carbocycles. The summed E-state index contributed by atoms with van der Waals surface area (Å²) in [6, 6.07) is 0. The van der Waals surface area contributed by atoms with E-state index in [1.54, 1.807) is 7.11 Å². The number of unbranched alkanes of at least 4 members (excludes halogenated alkanes) is 1. The van der Waals surface area contributed by atoms with Crippen LogP contribution in [0.5, 0.6) is 0 Å². The van der Waals surface area contributed by atoms with Gasteiger partial charge in [0.15, 0.2) is 0 Å². The van der Waals surface area contributed by atoms with Gasteiger partial charge in [0.2, 0.25) is 0 Å². The van der Waals surface area contributed by atoms with E-state index in [2.05, 4.69) is 5.32 Å². The van der Waals surface area contributed by atoms with E-state index in [1.165, 1.54) is 13.8 Å². The molecular formula is C9H19NO3. The van der Waals surface area contributed by atoms with E-state index in [-0.39, 0.29) is 5.91 Å². The summed E-state index contributed by atoms with van der Waals surface area (Å²) in [4.78, 5) is 11.1. The molecule has 0 unspecified atom stereocenters. The Morgan fingerprint density at radius 1 is 1.46 bits per heavy atom. The maximum absolute atomic E-state index is 11.1. The highest BCUT2D eigenvalue weighted by Gasteiger charge is 2.22. The van der Waals surface area contributed by atoms with Crippen LogP contribution in [0.25, 0.3) is 0 Å². The zero-order valence-corrected chi connectivity index (χ0v) is 8.59. The third-order valence-corrected chi connectivity index (χ3v) is 1.62. The van der Waals surface area contributed by atoms with Crippen molar-refractivity contribution < 1.29 is 14.6 Å². The van der Waals surface area contributed by atoms with Gasteiger partial charge in [-0.3, -0.25) is 4.79 Å². The van der Waals surface area contributed by atoms with Crippen molar-refractivity contribution in [1.82, 2.24) is 5.32 Å². The molecule has 2 N–H and O–H groups in total. The number of methoxy groups -OCH3 is 1. The number of aliphatic hydroxyl groups is 1. The van der Waals surface area contributed by atoms with Crippen molar-refractivity contribution in [1.29, 1.82) is 0 Å². The molecule has 0 rings (SSSR count). The van der Waals surface area contributed by atoms with Gasteiger partial charge < -0.3 is 15.2 Å². The summed E-state index contributed by atoms with van der Waals surface area (Å²) in [5, 5.41) is 11.9. The van der Waals surface area contributed by atoms with Crippen LogP contribution in [0.2, 0.25) is 0 Å². The Morgan fingerprint density at radius 2 is 2.08 bits per heavy atom. The number of hydrogen-bond donors (Lipinski definition) is 2. The SMILES string of the molecule is COCCCCNC(=O)C(C)(C)O. The quantitative estimate of drug-likeness (QED) is 0.591. The van der Waals surface area contributed by atoms with Crippen molar-refractivity contribution in [2.45, 2.75) is 32.3 Å². The second-order valence-corrected chi connectivity index (χ2v) is 3.51. The Morgan fingerprint density at radius 3 is 2.54 bits per heavy atom. The number of ether oxygens (including phenoxy) is 1. The molecule has 13 heavy (non-hydrogen) atoms. The lowest BCUT2D eigenvalue weighted by Crippen LogP contribution is -2.42. The fourth-order valence-corrected chi connectivity index (χ4v) is 0.790. The minimum atomic E-state index is -1.28. The van der Waals surface area contributed by atoms with Crippen LogP contribution in [-0.2, 0) is 9.53 Å². The van der Waals surface area contributed by atoms with E-state index in [4.69, 9.17) is 4.74 Å². The van der Waals surface area contributed by atoms with Gasteiger partial charge in [0.1, 0.15) is 5.60 Å². The molecule has 0 spiro atoms. The van der Waals surface area contributed by atoms with Crippen LogP contribution < -0.4 is 5.32 Å². The van der Waals surface area contributed by atoms with Crippen LogP contribution in [-0.4, -0.2) is 36.9 Å². The number of carbonyl (C=O) groups excluding carboxylic acids is 1. The third kappa shape index (κ3) is 6.54. The fourth-order valence-electron chi connectivity index (χ4n) is 0.790. The molecule has 0 aliphatic carbocycles. The standard InChI is InChI=1S/C9H19NO3/c1-9(2,12)8(11)10-6-4-5-7-13-3/h12H,4-7H2,1-3H3,(H,10,11). The molecule has 0 heterocycles. The highest BCUT2D eigenvalue weighted by molar-refractivity contribution is 5.83. The molecule has 0 aromatic rings. The molecule has 4 nitrogen and oxygen atoms in total. The Balaban J connectivity index is 3.38. The lowest BCUT2D eigenvalue weighted by Gasteiger charge is -2.16. The zero-order valence-electron chi connectivity index (χ0n) is 8.59. The smallest absolute Gasteiger partial charge is 0.251 e. The summed E-state index contributed by atoms with van der Waals surface area (Å²) in [5.41, 5.74) is -1.28. The van der Waals surface area contributed by atoms with Gasteiger partial charge in [-0.2, -0.15) is 0 Å². The third-order valence-electron chi connectivity index (χ3n) is 1.62. The number of hydrogen-bond acceptors (Lipinski definition) is 3. The number of amides is 1. The molecule has 0 aliphatic heterocycles. The largest absolute Gasteiger partial charge is 0.385 e.